The maximum Gasteiger partial charge on any atom is 0.188 e. The summed E-state index contributed by atoms with van der Waals surface area (Å²) in [6.45, 7) is 1.71. The van der Waals surface area contributed by atoms with Crippen LogP contribution in [-0.4, -0.2) is 31.3 Å². The summed E-state index contributed by atoms with van der Waals surface area (Å²) in [6, 6.07) is 0.599. The lowest BCUT2D eigenvalue weighted by atomic mass is 10.2. The maximum absolute atomic E-state index is 5.70. The highest BCUT2D eigenvalue weighted by Gasteiger charge is 2.21. The highest BCUT2D eigenvalue weighted by Crippen LogP contribution is 2.18. The van der Waals surface area contributed by atoms with Crippen molar-refractivity contribution in [1.29, 1.82) is 0 Å². The van der Waals surface area contributed by atoms with Gasteiger partial charge < -0.3 is 15.8 Å². The second-order valence-electron chi connectivity index (χ2n) is 4.11. The maximum atomic E-state index is 5.70. The number of nitrogens with two attached hydrogens (primary N) is 1. The van der Waals surface area contributed by atoms with E-state index in [4.69, 9.17) is 10.5 Å². The van der Waals surface area contributed by atoms with Crippen molar-refractivity contribution in [3.05, 3.63) is 0 Å². The third-order valence-electron chi connectivity index (χ3n) is 2.69. The molecule has 0 aromatic heterocycles. The van der Waals surface area contributed by atoms with Gasteiger partial charge in [-0.25, -0.2) is 0 Å². The van der Waals surface area contributed by atoms with Crippen molar-refractivity contribution in [2.45, 2.75) is 44.2 Å². The van der Waals surface area contributed by atoms with Crippen molar-refractivity contribution in [2.24, 2.45) is 10.7 Å². The summed E-state index contributed by atoms with van der Waals surface area (Å²) in [5, 5.41) is 3.17. The van der Waals surface area contributed by atoms with Crippen LogP contribution in [0.15, 0.2) is 4.99 Å². The number of hydrogen-bond acceptors (Lipinski definition) is 2. The van der Waals surface area contributed by atoms with E-state index in [0.29, 0.717) is 18.1 Å². The van der Waals surface area contributed by atoms with Crippen LogP contribution in [0.5, 0.6) is 0 Å². The molecular formula is C10H19N3O. The first-order valence-electron chi connectivity index (χ1n) is 5.52. The van der Waals surface area contributed by atoms with Crippen LogP contribution in [0.3, 0.4) is 0 Å². The topological polar surface area (TPSA) is 59.6 Å². The molecule has 3 N–H and O–H groups in total. The lowest BCUT2D eigenvalue weighted by molar-refractivity contribution is 0.106. The van der Waals surface area contributed by atoms with Gasteiger partial charge in [-0.3, -0.25) is 4.99 Å². The number of nitrogens with one attached hydrogen (secondary N) is 1. The second-order valence-corrected chi connectivity index (χ2v) is 4.11. The first kappa shape index (κ1) is 9.77. The van der Waals surface area contributed by atoms with Crippen molar-refractivity contribution in [3.8, 4) is 0 Å². The van der Waals surface area contributed by atoms with E-state index in [9.17, 15) is 0 Å². The molecule has 1 saturated heterocycles. The van der Waals surface area contributed by atoms with E-state index in [-0.39, 0.29) is 0 Å². The molecular weight excluding hydrogens is 178 g/mol. The van der Waals surface area contributed by atoms with Gasteiger partial charge in [-0.1, -0.05) is 0 Å². The van der Waals surface area contributed by atoms with E-state index in [0.717, 1.165) is 19.6 Å². The van der Waals surface area contributed by atoms with E-state index < -0.39 is 0 Å². The minimum atomic E-state index is 0.424. The number of hydrogen-bond donors (Lipinski definition) is 2. The molecule has 4 nitrogen and oxygen atoms in total. The number of nitrogens with zero attached hydrogens (tertiary/aromatic N) is 1. The van der Waals surface area contributed by atoms with Crippen LogP contribution in [-0.2, 0) is 4.74 Å². The average molecular weight is 197 g/mol. The molecule has 0 amide bonds. The Morgan fingerprint density at radius 1 is 1.43 bits per heavy atom. The van der Waals surface area contributed by atoms with Crippen LogP contribution in [0.4, 0.5) is 0 Å². The fourth-order valence-corrected chi connectivity index (χ4v) is 1.68. The van der Waals surface area contributed by atoms with E-state index in [1.165, 1.54) is 25.7 Å². The van der Waals surface area contributed by atoms with E-state index in [1.807, 2.05) is 0 Å². The van der Waals surface area contributed by atoms with Gasteiger partial charge >= 0.3 is 0 Å². The molecule has 1 heterocycles. The van der Waals surface area contributed by atoms with Crippen molar-refractivity contribution < 1.29 is 4.74 Å². The Morgan fingerprint density at radius 2 is 2.29 bits per heavy atom. The minimum absolute atomic E-state index is 0.424. The number of guanidine groups is 1. The molecule has 2 fully saturated rings. The summed E-state index contributed by atoms with van der Waals surface area (Å²) in [6.07, 6.45) is 6.29. The van der Waals surface area contributed by atoms with Gasteiger partial charge in [0.2, 0.25) is 0 Å². The average Bonchev–Trinajstić information content (AvgIpc) is 2.82. The van der Waals surface area contributed by atoms with Gasteiger partial charge in [-0.15, -0.1) is 0 Å². The molecule has 2 rings (SSSR count). The van der Waals surface area contributed by atoms with Crippen LogP contribution in [0.25, 0.3) is 0 Å². The molecule has 0 radical (unpaired) electrons. The molecule has 1 saturated carbocycles. The lowest BCUT2D eigenvalue weighted by Crippen LogP contribution is -2.33. The van der Waals surface area contributed by atoms with Crippen LogP contribution in [0.1, 0.15) is 32.1 Å². The number of aliphatic imine (C=N–C) groups is 1. The van der Waals surface area contributed by atoms with Crippen LogP contribution >= 0.6 is 0 Å². The Kier molecular flexibility index (Phi) is 3.24. The summed E-state index contributed by atoms with van der Waals surface area (Å²) in [5.41, 5.74) is 5.70. The normalized spacial score (nSPS) is 28.0. The second kappa shape index (κ2) is 4.64. The Hall–Kier alpha value is -0.770. The molecule has 1 aliphatic heterocycles. The molecule has 1 unspecified atom stereocenters. The largest absolute Gasteiger partial charge is 0.378 e. The summed E-state index contributed by atoms with van der Waals surface area (Å²) in [5.74, 6) is 0.602. The van der Waals surface area contributed by atoms with E-state index >= 15 is 0 Å². The quantitative estimate of drug-likeness (QED) is 0.513. The molecule has 0 bridgehead atoms. The lowest BCUT2D eigenvalue weighted by Gasteiger charge is -2.07. The zero-order valence-electron chi connectivity index (χ0n) is 8.54. The molecule has 14 heavy (non-hydrogen) atoms. The predicted molar refractivity (Wildman–Crippen MR) is 56.2 cm³/mol. The smallest absolute Gasteiger partial charge is 0.188 e. The fraction of sp³-hybridized carbons (Fsp3) is 0.900. The van der Waals surface area contributed by atoms with Crippen LogP contribution in [0, 0.1) is 0 Å². The first-order valence-corrected chi connectivity index (χ1v) is 5.52. The van der Waals surface area contributed by atoms with Gasteiger partial charge in [0.15, 0.2) is 5.96 Å². The van der Waals surface area contributed by atoms with Gasteiger partial charge in [-0.2, -0.15) is 0 Å². The van der Waals surface area contributed by atoms with Gasteiger partial charge in [0.25, 0.3) is 0 Å². The molecule has 0 aromatic rings. The Morgan fingerprint density at radius 3 is 2.93 bits per heavy atom. The number of ether oxygens (including phenoxy) is 1. The third-order valence-corrected chi connectivity index (χ3v) is 2.69. The van der Waals surface area contributed by atoms with Crippen molar-refractivity contribution in [2.75, 3.05) is 13.2 Å². The SMILES string of the molecule is NC(=NCCC1CCCO1)NC1CC1. The number of rotatable bonds is 4. The van der Waals surface area contributed by atoms with Crippen molar-refractivity contribution in [3.63, 3.8) is 0 Å². The van der Waals surface area contributed by atoms with E-state index in [2.05, 4.69) is 10.3 Å². The molecule has 2 aliphatic rings. The van der Waals surface area contributed by atoms with E-state index in [1.54, 1.807) is 0 Å². The first-order chi connectivity index (χ1) is 6.84. The molecule has 80 valence electrons. The van der Waals surface area contributed by atoms with Gasteiger partial charge in [0.1, 0.15) is 0 Å². The summed E-state index contributed by atoms with van der Waals surface area (Å²) in [7, 11) is 0. The summed E-state index contributed by atoms with van der Waals surface area (Å²) in [4.78, 5) is 4.27. The third kappa shape index (κ3) is 3.18. The highest BCUT2D eigenvalue weighted by atomic mass is 16.5. The zero-order valence-corrected chi connectivity index (χ0v) is 8.54. The van der Waals surface area contributed by atoms with Gasteiger partial charge in [-0.05, 0) is 32.1 Å². The van der Waals surface area contributed by atoms with Gasteiger partial charge in [0.05, 0.1) is 6.10 Å². The Labute approximate surface area is 84.9 Å². The molecule has 1 atom stereocenters. The predicted octanol–water partition coefficient (Wildman–Crippen LogP) is 0.622. The standard InChI is InChI=1S/C10H19N3O/c11-10(13-8-3-4-8)12-6-5-9-2-1-7-14-9/h8-9H,1-7H2,(H3,11,12,13). The monoisotopic (exact) mass is 197 g/mol. The Balaban J connectivity index is 1.59. The summed E-state index contributed by atoms with van der Waals surface area (Å²) < 4.78 is 5.50. The Bertz CT molecular complexity index is 207. The molecule has 0 aromatic carbocycles. The zero-order chi connectivity index (χ0) is 9.80. The summed E-state index contributed by atoms with van der Waals surface area (Å²) >= 11 is 0. The van der Waals surface area contributed by atoms with Crippen molar-refractivity contribution in [1.82, 2.24) is 5.32 Å². The van der Waals surface area contributed by atoms with Crippen molar-refractivity contribution >= 4 is 5.96 Å². The van der Waals surface area contributed by atoms with Crippen LogP contribution in [0.2, 0.25) is 0 Å². The van der Waals surface area contributed by atoms with Gasteiger partial charge in [0, 0.05) is 19.2 Å². The minimum Gasteiger partial charge on any atom is -0.378 e. The molecule has 1 aliphatic carbocycles. The van der Waals surface area contributed by atoms with Crippen LogP contribution < -0.4 is 11.1 Å². The molecule has 4 heteroatoms. The highest BCUT2D eigenvalue weighted by molar-refractivity contribution is 5.78. The molecule has 0 spiro atoms. The fourth-order valence-electron chi connectivity index (χ4n) is 1.68.